The molecule has 2 aromatic carbocycles. The summed E-state index contributed by atoms with van der Waals surface area (Å²) in [5, 5.41) is 2.80. The van der Waals surface area contributed by atoms with E-state index in [1.54, 1.807) is 36.4 Å². The van der Waals surface area contributed by atoms with E-state index < -0.39 is 10.0 Å². The minimum absolute atomic E-state index is 0.187. The van der Waals surface area contributed by atoms with Crippen molar-refractivity contribution < 1.29 is 13.2 Å². The van der Waals surface area contributed by atoms with Gasteiger partial charge >= 0.3 is 0 Å². The lowest BCUT2D eigenvalue weighted by Gasteiger charge is -2.24. The molecule has 0 bridgehead atoms. The molecule has 0 spiro atoms. The van der Waals surface area contributed by atoms with Crippen LogP contribution in [0, 0.1) is 5.92 Å². The number of para-hydroxylation sites is 3. The maximum Gasteiger partial charge on any atom is 0.260 e. The number of fused-ring (bicyclic) bond motifs is 1. The summed E-state index contributed by atoms with van der Waals surface area (Å²) in [6.07, 6.45) is 6.45. The van der Waals surface area contributed by atoms with Crippen molar-refractivity contribution in [3.63, 3.8) is 0 Å². The van der Waals surface area contributed by atoms with Crippen LogP contribution in [0.2, 0.25) is 0 Å². The van der Waals surface area contributed by atoms with Gasteiger partial charge in [-0.15, -0.1) is 0 Å². The second kappa shape index (κ2) is 7.75. The highest BCUT2D eigenvalue weighted by atomic mass is 32.2. The maximum atomic E-state index is 13.2. The number of amides is 1. The fourth-order valence-corrected chi connectivity index (χ4v) is 5.52. The molecule has 1 aliphatic heterocycles. The second-order valence-corrected chi connectivity index (χ2v) is 9.19. The number of carbonyl (C=O) groups excluding carboxylic acids is 1. The summed E-state index contributed by atoms with van der Waals surface area (Å²) in [5.74, 6) is -0.379. The monoisotopic (exact) mass is 409 g/mol. The summed E-state index contributed by atoms with van der Waals surface area (Å²) >= 11 is 0. The molecule has 0 radical (unpaired) electrons. The SMILES string of the molecule is Nc1ccccc1NC(=O)CC1C=CC=C(S(=O)(=O)N2CCc3ccccc32)C1. The molecule has 1 amide bonds. The number of carbonyl (C=O) groups is 1. The van der Waals surface area contributed by atoms with Crippen molar-refractivity contribution in [1.29, 1.82) is 0 Å². The van der Waals surface area contributed by atoms with Crippen LogP contribution in [-0.2, 0) is 21.2 Å². The van der Waals surface area contributed by atoms with Crippen LogP contribution in [0.25, 0.3) is 0 Å². The summed E-state index contributed by atoms with van der Waals surface area (Å²) in [6.45, 7) is 0.446. The van der Waals surface area contributed by atoms with Gasteiger partial charge in [0.15, 0.2) is 0 Å². The Morgan fingerprint density at radius 3 is 2.72 bits per heavy atom. The molecule has 1 atom stereocenters. The van der Waals surface area contributed by atoms with Crippen molar-refractivity contribution in [1.82, 2.24) is 0 Å². The Balaban J connectivity index is 1.45. The van der Waals surface area contributed by atoms with Crippen molar-refractivity contribution in [2.24, 2.45) is 5.92 Å². The van der Waals surface area contributed by atoms with Crippen LogP contribution in [0.5, 0.6) is 0 Å². The molecule has 1 aliphatic carbocycles. The van der Waals surface area contributed by atoms with Gasteiger partial charge in [0.05, 0.1) is 22.0 Å². The third-order valence-electron chi connectivity index (χ3n) is 5.28. The lowest BCUT2D eigenvalue weighted by atomic mass is 9.96. The Morgan fingerprint density at radius 1 is 1.14 bits per heavy atom. The molecule has 0 fully saturated rings. The highest BCUT2D eigenvalue weighted by Gasteiger charge is 2.33. The molecule has 1 heterocycles. The van der Waals surface area contributed by atoms with Crippen LogP contribution in [0.1, 0.15) is 18.4 Å². The number of nitrogens with one attached hydrogen (secondary N) is 1. The van der Waals surface area contributed by atoms with Crippen LogP contribution in [-0.4, -0.2) is 20.9 Å². The highest BCUT2D eigenvalue weighted by molar-refractivity contribution is 7.96. The predicted octanol–water partition coefficient (Wildman–Crippen LogP) is 3.45. The Hall–Kier alpha value is -3.06. The molecular formula is C22H23N3O3S. The van der Waals surface area contributed by atoms with Gasteiger partial charge in [-0.05, 0) is 48.6 Å². The molecule has 6 nitrogen and oxygen atoms in total. The molecule has 1 unspecified atom stereocenters. The van der Waals surface area contributed by atoms with Gasteiger partial charge in [0, 0.05) is 13.0 Å². The first-order valence-corrected chi connectivity index (χ1v) is 11.0. The minimum Gasteiger partial charge on any atom is -0.397 e. The zero-order chi connectivity index (χ0) is 20.4. The maximum absolute atomic E-state index is 13.2. The number of sulfonamides is 1. The summed E-state index contributed by atoms with van der Waals surface area (Å²) in [6, 6.07) is 14.6. The first-order valence-electron chi connectivity index (χ1n) is 9.57. The van der Waals surface area contributed by atoms with E-state index in [9.17, 15) is 13.2 Å². The number of hydrogen-bond donors (Lipinski definition) is 2. The van der Waals surface area contributed by atoms with Gasteiger partial charge in [0.1, 0.15) is 0 Å². The van der Waals surface area contributed by atoms with Gasteiger partial charge < -0.3 is 11.1 Å². The Kier molecular flexibility index (Phi) is 5.15. The average Bonchev–Trinajstić information content (AvgIpc) is 3.15. The van der Waals surface area contributed by atoms with Gasteiger partial charge in [-0.3, -0.25) is 9.10 Å². The van der Waals surface area contributed by atoms with Gasteiger partial charge in [0.25, 0.3) is 10.0 Å². The molecule has 29 heavy (non-hydrogen) atoms. The van der Waals surface area contributed by atoms with E-state index in [2.05, 4.69) is 5.32 Å². The van der Waals surface area contributed by atoms with E-state index in [0.717, 1.165) is 11.3 Å². The minimum atomic E-state index is -3.62. The van der Waals surface area contributed by atoms with Crippen molar-refractivity contribution in [2.75, 3.05) is 21.9 Å². The van der Waals surface area contributed by atoms with E-state index in [0.29, 0.717) is 35.7 Å². The van der Waals surface area contributed by atoms with Crippen molar-refractivity contribution >= 4 is 33.0 Å². The van der Waals surface area contributed by atoms with E-state index in [-0.39, 0.29) is 18.2 Å². The summed E-state index contributed by atoms with van der Waals surface area (Å²) in [5.41, 5.74) is 8.72. The summed E-state index contributed by atoms with van der Waals surface area (Å²) in [4.78, 5) is 12.8. The normalized spacial score (nSPS) is 18.3. The number of nitrogens with two attached hydrogens (primary N) is 1. The van der Waals surface area contributed by atoms with Crippen molar-refractivity contribution in [3.8, 4) is 0 Å². The van der Waals surface area contributed by atoms with Gasteiger partial charge in [-0.2, -0.15) is 0 Å². The summed E-state index contributed by atoms with van der Waals surface area (Å²) in [7, 11) is -3.62. The third-order valence-corrected chi connectivity index (χ3v) is 7.20. The molecule has 4 rings (SSSR count). The number of allylic oxidation sites excluding steroid dienone is 4. The number of hydrogen-bond acceptors (Lipinski definition) is 4. The Bertz CT molecular complexity index is 1110. The lowest BCUT2D eigenvalue weighted by molar-refractivity contribution is -0.116. The number of rotatable bonds is 5. The molecule has 150 valence electrons. The fraction of sp³-hybridized carbons (Fsp3) is 0.227. The quantitative estimate of drug-likeness (QED) is 0.740. The van der Waals surface area contributed by atoms with Crippen LogP contribution in [0.4, 0.5) is 17.1 Å². The van der Waals surface area contributed by atoms with E-state index in [4.69, 9.17) is 5.73 Å². The van der Waals surface area contributed by atoms with E-state index in [1.807, 2.05) is 30.3 Å². The Labute approximate surface area is 170 Å². The largest absolute Gasteiger partial charge is 0.397 e. The first-order chi connectivity index (χ1) is 13.9. The van der Waals surface area contributed by atoms with Gasteiger partial charge in [0.2, 0.25) is 5.91 Å². The molecular weight excluding hydrogens is 386 g/mol. The Morgan fingerprint density at radius 2 is 1.90 bits per heavy atom. The second-order valence-electron chi connectivity index (χ2n) is 7.28. The zero-order valence-corrected chi connectivity index (χ0v) is 16.7. The number of benzene rings is 2. The predicted molar refractivity (Wildman–Crippen MR) is 116 cm³/mol. The van der Waals surface area contributed by atoms with Gasteiger partial charge in [-0.25, -0.2) is 8.42 Å². The molecule has 2 aromatic rings. The van der Waals surface area contributed by atoms with Crippen LogP contribution in [0.15, 0.2) is 71.7 Å². The van der Waals surface area contributed by atoms with Crippen molar-refractivity contribution in [2.45, 2.75) is 19.3 Å². The number of nitrogen functional groups attached to an aromatic ring is 1. The van der Waals surface area contributed by atoms with Gasteiger partial charge in [-0.1, -0.05) is 42.5 Å². The molecule has 7 heteroatoms. The third kappa shape index (κ3) is 3.91. The first kappa shape index (κ1) is 19.3. The van der Waals surface area contributed by atoms with Crippen molar-refractivity contribution in [3.05, 3.63) is 77.2 Å². The summed E-state index contributed by atoms with van der Waals surface area (Å²) < 4.78 is 27.9. The molecule has 0 aromatic heterocycles. The fourth-order valence-electron chi connectivity index (χ4n) is 3.80. The number of nitrogens with zero attached hydrogens (tertiary/aromatic N) is 1. The standard InChI is InChI=1S/C22H23N3O3S/c23-19-9-2-3-10-20(19)24-22(26)15-16-6-5-8-18(14-16)29(27,28)25-13-12-17-7-1-4-11-21(17)25/h1-11,16H,12-15,23H2,(H,24,26). The highest BCUT2D eigenvalue weighted by Crippen LogP contribution is 2.35. The van der Waals surface area contributed by atoms with E-state index >= 15 is 0 Å². The van der Waals surface area contributed by atoms with Crippen LogP contribution in [0.3, 0.4) is 0 Å². The topological polar surface area (TPSA) is 92.5 Å². The molecule has 3 N–H and O–H groups in total. The molecule has 2 aliphatic rings. The lowest BCUT2D eigenvalue weighted by Crippen LogP contribution is -2.31. The zero-order valence-electron chi connectivity index (χ0n) is 15.9. The molecule has 0 saturated heterocycles. The average molecular weight is 410 g/mol. The number of anilines is 3. The van der Waals surface area contributed by atoms with Crippen LogP contribution >= 0.6 is 0 Å². The van der Waals surface area contributed by atoms with Crippen LogP contribution < -0.4 is 15.4 Å². The van der Waals surface area contributed by atoms with E-state index in [1.165, 1.54) is 4.31 Å². The molecule has 0 saturated carbocycles. The smallest absolute Gasteiger partial charge is 0.260 e.